The van der Waals surface area contributed by atoms with Gasteiger partial charge in [-0.15, -0.1) is 0 Å². The summed E-state index contributed by atoms with van der Waals surface area (Å²) < 4.78 is 0. The van der Waals surface area contributed by atoms with Crippen LogP contribution in [0.5, 0.6) is 0 Å². The lowest BCUT2D eigenvalue weighted by molar-refractivity contribution is -0.142. The molecule has 3 aromatic rings. The second-order valence-corrected chi connectivity index (χ2v) is 11.5. The molecule has 0 fully saturated rings. The van der Waals surface area contributed by atoms with E-state index < -0.39 is 47.9 Å². The summed E-state index contributed by atoms with van der Waals surface area (Å²) in [4.78, 5) is 59.3. The largest absolute Gasteiger partial charge is 0.480 e. The minimum absolute atomic E-state index is 0.0189. The Balaban J connectivity index is 1.74. The number of carbonyl (C=O) groups is 4. The van der Waals surface area contributed by atoms with E-state index in [1.165, 1.54) is 0 Å². The molecule has 1 aromatic heterocycles. The number of aliphatic imine (C=N–C) groups is 1. The quantitative estimate of drug-likeness (QED) is 0.0613. The molecule has 242 valence electrons. The van der Waals surface area contributed by atoms with Crippen LogP contribution in [0, 0.1) is 5.92 Å². The molecule has 11 N–H and O–H groups in total. The van der Waals surface area contributed by atoms with Gasteiger partial charge in [0.1, 0.15) is 18.1 Å². The van der Waals surface area contributed by atoms with Gasteiger partial charge in [-0.05, 0) is 48.8 Å². The number of rotatable bonds is 17. The van der Waals surface area contributed by atoms with Crippen LogP contribution < -0.4 is 33.2 Å². The summed E-state index contributed by atoms with van der Waals surface area (Å²) in [5.41, 5.74) is 19.4. The average Bonchev–Trinajstić information content (AvgIpc) is 3.40. The number of aromatic amines is 1. The molecule has 4 atom stereocenters. The summed E-state index contributed by atoms with van der Waals surface area (Å²) in [6.45, 7) is 4.00. The lowest BCUT2D eigenvalue weighted by Crippen LogP contribution is -2.57. The average molecular weight is 621 g/mol. The van der Waals surface area contributed by atoms with Crippen LogP contribution in [-0.2, 0) is 32.0 Å². The van der Waals surface area contributed by atoms with Crippen LogP contribution in [-0.4, -0.2) is 70.5 Å². The molecule has 3 amide bonds. The monoisotopic (exact) mass is 620 g/mol. The number of benzene rings is 2. The molecule has 1 heterocycles. The second kappa shape index (κ2) is 16.8. The van der Waals surface area contributed by atoms with E-state index in [4.69, 9.17) is 17.2 Å². The number of hydrogen-bond acceptors (Lipinski definition) is 6. The number of para-hydroxylation sites is 1. The molecule has 45 heavy (non-hydrogen) atoms. The van der Waals surface area contributed by atoms with Crippen molar-refractivity contribution < 1.29 is 24.3 Å². The summed E-state index contributed by atoms with van der Waals surface area (Å²) in [5, 5.41) is 18.8. The Kier molecular flexibility index (Phi) is 12.9. The van der Waals surface area contributed by atoms with Crippen molar-refractivity contribution in [2.24, 2.45) is 28.1 Å². The summed E-state index contributed by atoms with van der Waals surface area (Å²) in [7, 11) is 0. The molecule has 0 bridgehead atoms. The van der Waals surface area contributed by atoms with Crippen LogP contribution >= 0.6 is 0 Å². The van der Waals surface area contributed by atoms with Crippen molar-refractivity contribution in [3.63, 3.8) is 0 Å². The molecule has 2 aromatic carbocycles. The minimum atomic E-state index is -1.27. The Bertz CT molecular complexity index is 1470. The van der Waals surface area contributed by atoms with E-state index in [1.54, 1.807) is 6.20 Å². The zero-order chi connectivity index (χ0) is 32.9. The number of nitrogens with two attached hydrogens (primary N) is 3. The van der Waals surface area contributed by atoms with Crippen LogP contribution in [0.1, 0.15) is 44.2 Å². The number of amides is 3. The number of aliphatic carboxylic acids is 1. The highest BCUT2D eigenvalue weighted by Crippen LogP contribution is 2.19. The number of nitrogens with zero attached hydrogens (tertiary/aromatic N) is 1. The van der Waals surface area contributed by atoms with E-state index >= 15 is 0 Å². The fraction of sp³-hybridized carbons (Fsp3) is 0.406. The Morgan fingerprint density at radius 3 is 2.13 bits per heavy atom. The van der Waals surface area contributed by atoms with Gasteiger partial charge in [-0.3, -0.25) is 19.4 Å². The third-order valence-electron chi connectivity index (χ3n) is 7.27. The molecular weight excluding hydrogens is 576 g/mol. The van der Waals surface area contributed by atoms with Gasteiger partial charge in [-0.2, -0.15) is 0 Å². The first-order valence-corrected chi connectivity index (χ1v) is 15.0. The summed E-state index contributed by atoms with van der Waals surface area (Å²) in [5.74, 6) is -3.09. The third kappa shape index (κ3) is 10.9. The second-order valence-electron chi connectivity index (χ2n) is 11.5. The molecule has 0 radical (unpaired) electrons. The number of H-pyrrole nitrogens is 1. The van der Waals surface area contributed by atoms with Gasteiger partial charge < -0.3 is 43.2 Å². The van der Waals surface area contributed by atoms with E-state index in [1.807, 2.05) is 68.4 Å². The lowest BCUT2D eigenvalue weighted by atomic mass is 10.0. The number of carbonyl (C=O) groups excluding carboxylic acids is 3. The highest BCUT2D eigenvalue weighted by molar-refractivity contribution is 5.94. The Morgan fingerprint density at radius 1 is 0.844 bits per heavy atom. The molecule has 4 unspecified atom stereocenters. The number of fused-ring (bicyclic) bond motifs is 1. The fourth-order valence-corrected chi connectivity index (χ4v) is 4.98. The van der Waals surface area contributed by atoms with Crippen LogP contribution in [0.15, 0.2) is 65.8 Å². The summed E-state index contributed by atoms with van der Waals surface area (Å²) in [6.07, 6.45) is 2.74. The molecule has 0 saturated carbocycles. The number of nitrogens with one attached hydrogen (secondary N) is 4. The molecule has 0 aliphatic carbocycles. The van der Waals surface area contributed by atoms with Gasteiger partial charge in [0, 0.05) is 30.1 Å². The zero-order valence-electron chi connectivity index (χ0n) is 25.7. The minimum Gasteiger partial charge on any atom is -0.480 e. The molecule has 0 aliphatic heterocycles. The van der Waals surface area contributed by atoms with Crippen LogP contribution in [0.4, 0.5) is 0 Å². The SMILES string of the molecule is CC(C)CC(NC(=O)C(N)Cc1ccccc1)C(=O)NC(CCCN=C(N)N)C(=O)NC(Cc1c[nH]c2ccccc12)C(=O)O. The fourth-order valence-electron chi connectivity index (χ4n) is 4.98. The standard InChI is InChI=1S/C32H44N8O5/c1-19(2)15-26(39-28(41)23(33)16-20-9-4-3-5-10-20)30(43)38-25(13-8-14-36-32(34)35)29(42)40-27(31(44)45)17-21-18-37-24-12-7-6-11-22(21)24/h3-7,9-12,18-19,23,25-27,37H,8,13-17,33H2,1-2H3,(H,38,43)(H,39,41)(H,40,42)(H,44,45)(H4,34,35,36). The maximum absolute atomic E-state index is 13.5. The maximum Gasteiger partial charge on any atom is 0.326 e. The van der Waals surface area contributed by atoms with Crippen molar-refractivity contribution in [1.82, 2.24) is 20.9 Å². The van der Waals surface area contributed by atoms with Crippen LogP contribution in [0.2, 0.25) is 0 Å². The highest BCUT2D eigenvalue weighted by Gasteiger charge is 2.31. The number of guanidine groups is 1. The summed E-state index contributed by atoms with van der Waals surface area (Å²) >= 11 is 0. The Labute approximate surface area is 262 Å². The first-order chi connectivity index (χ1) is 21.4. The molecule has 0 spiro atoms. The van der Waals surface area contributed by atoms with Crippen molar-refractivity contribution >= 4 is 40.6 Å². The first kappa shape index (κ1) is 34.6. The number of carboxylic acid groups (broad SMARTS) is 1. The van der Waals surface area contributed by atoms with Crippen molar-refractivity contribution in [2.45, 2.75) is 70.1 Å². The molecule has 13 heteroatoms. The number of hydrogen-bond donors (Lipinski definition) is 8. The Morgan fingerprint density at radius 2 is 1.47 bits per heavy atom. The van der Waals surface area contributed by atoms with E-state index in [0.717, 1.165) is 22.0 Å². The van der Waals surface area contributed by atoms with Gasteiger partial charge in [0.2, 0.25) is 17.7 Å². The predicted molar refractivity (Wildman–Crippen MR) is 173 cm³/mol. The van der Waals surface area contributed by atoms with Gasteiger partial charge in [0.15, 0.2) is 5.96 Å². The van der Waals surface area contributed by atoms with Gasteiger partial charge in [0.05, 0.1) is 6.04 Å². The lowest BCUT2D eigenvalue weighted by Gasteiger charge is -2.26. The zero-order valence-corrected chi connectivity index (χ0v) is 25.7. The smallest absolute Gasteiger partial charge is 0.326 e. The predicted octanol–water partition coefficient (Wildman–Crippen LogP) is 0.919. The maximum atomic E-state index is 13.5. The third-order valence-corrected chi connectivity index (χ3v) is 7.27. The van der Waals surface area contributed by atoms with Gasteiger partial charge in [-0.1, -0.05) is 62.4 Å². The normalized spacial score (nSPS) is 13.8. The molecule has 3 rings (SSSR count). The first-order valence-electron chi connectivity index (χ1n) is 15.0. The van der Waals surface area contributed by atoms with E-state index in [2.05, 4.69) is 25.9 Å². The molecule has 13 nitrogen and oxygen atoms in total. The Hall–Kier alpha value is -4.91. The van der Waals surface area contributed by atoms with Crippen molar-refractivity contribution in [3.05, 3.63) is 71.9 Å². The van der Waals surface area contributed by atoms with E-state index in [9.17, 15) is 24.3 Å². The molecule has 0 aliphatic rings. The van der Waals surface area contributed by atoms with Crippen LogP contribution in [0.25, 0.3) is 10.9 Å². The van der Waals surface area contributed by atoms with E-state index in [0.29, 0.717) is 6.42 Å². The van der Waals surface area contributed by atoms with Crippen molar-refractivity contribution in [2.75, 3.05) is 6.54 Å². The van der Waals surface area contributed by atoms with Crippen molar-refractivity contribution in [3.8, 4) is 0 Å². The van der Waals surface area contributed by atoms with Crippen LogP contribution in [0.3, 0.4) is 0 Å². The van der Waals surface area contributed by atoms with Gasteiger partial charge >= 0.3 is 5.97 Å². The van der Waals surface area contributed by atoms with E-state index in [-0.39, 0.29) is 44.1 Å². The van der Waals surface area contributed by atoms with Gasteiger partial charge in [-0.25, -0.2) is 4.79 Å². The molecule has 0 saturated heterocycles. The number of carboxylic acids is 1. The number of aromatic nitrogens is 1. The highest BCUT2D eigenvalue weighted by atomic mass is 16.4. The molecular formula is C32H44N8O5. The summed E-state index contributed by atoms with van der Waals surface area (Å²) in [6, 6.07) is 12.5. The van der Waals surface area contributed by atoms with Gasteiger partial charge in [0.25, 0.3) is 0 Å². The topological polar surface area (TPSA) is 231 Å². The van der Waals surface area contributed by atoms with Crippen molar-refractivity contribution in [1.29, 1.82) is 0 Å².